The minimum absolute atomic E-state index is 0.135. The summed E-state index contributed by atoms with van der Waals surface area (Å²) in [6.45, 7) is 12.6. The first-order valence-corrected chi connectivity index (χ1v) is 5.52. The highest BCUT2D eigenvalue weighted by Crippen LogP contribution is 2.38. The van der Waals surface area contributed by atoms with Crippen LogP contribution in [0.1, 0.15) is 40.5 Å². The van der Waals surface area contributed by atoms with Gasteiger partial charge in [0.25, 0.3) is 0 Å². The smallest absolute Gasteiger partial charge is 0.0864 e. The van der Waals surface area contributed by atoms with Crippen LogP contribution in [0.5, 0.6) is 0 Å². The first kappa shape index (κ1) is 12.7. The molecule has 15 heavy (non-hydrogen) atoms. The molecule has 0 aromatic rings. The topological polar surface area (TPSA) is 32.7 Å². The van der Waals surface area contributed by atoms with E-state index in [0.29, 0.717) is 6.61 Å². The van der Waals surface area contributed by atoms with Gasteiger partial charge in [-0.25, -0.2) is 0 Å². The Hall–Kier alpha value is -0.380. The van der Waals surface area contributed by atoms with Crippen molar-refractivity contribution >= 4 is 0 Å². The van der Waals surface area contributed by atoms with E-state index in [9.17, 15) is 5.11 Å². The number of aliphatic hydroxyl groups excluding tert-OH is 1. The number of hydroxylamine groups is 2. The minimum atomic E-state index is -0.237. The fraction of sp³-hybridized carbons (Fsp3) is 0.833. The molecule has 0 spiro atoms. The Kier molecular flexibility index (Phi) is 3.59. The summed E-state index contributed by atoms with van der Waals surface area (Å²) in [4.78, 5) is 5.72. The van der Waals surface area contributed by atoms with Crippen molar-refractivity contribution in [2.75, 3.05) is 6.61 Å². The molecule has 1 fully saturated rings. The van der Waals surface area contributed by atoms with E-state index in [1.165, 1.54) is 0 Å². The van der Waals surface area contributed by atoms with Crippen molar-refractivity contribution in [2.24, 2.45) is 0 Å². The summed E-state index contributed by atoms with van der Waals surface area (Å²) in [7, 11) is 0. The Labute approximate surface area is 92.7 Å². The fourth-order valence-corrected chi connectivity index (χ4v) is 2.69. The molecule has 1 saturated heterocycles. The van der Waals surface area contributed by atoms with Crippen molar-refractivity contribution in [2.45, 2.75) is 57.7 Å². The Bertz CT molecular complexity index is 218. The molecule has 0 aromatic carbocycles. The highest BCUT2D eigenvalue weighted by molar-refractivity contribution is 4.96. The molecule has 1 aliphatic heterocycles. The minimum Gasteiger partial charge on any atom is -0.393 e. The third kappa shape index (κ3) is 2.80. The quantitative estimate of drug-likeness (QED) is 0.729. The van der Waals surface area contributed by atoms with Gasteiger partial charge in [0, 0.05) is 11.1 Å². The van der Waals surface area contributed by atoms with E-state index in [4.69, 9.17) is 4.84 Å². The number of hydrogen-bond acceptors (Lipinski definition) is 3. The highest BCUT2D eigenvalue weighted by Gasteiger charge is 2.45. The average Bonchev–Trinajstić information content (AvgIpc) is 1.98. The van der Waals surface area contributed by atoms with E-state index in [-0.39, 0.29) is 17.2 Å². The summed E-state index contributed by atoms with van der Waals surface area (Å²) in [5, 5.41) is 11.8. The molecule has 0 aliphatic carbocycles. The summed E-state index contributed by atoms with van der Waals surface area (Å²) >= 11 is 0. The lowest BCUT2D eigenvalue weighted by Crippen LogP contribution is -2.61. The molecular weight excluding hydrogens is 190 g/mol. The van der Waals surface area contributed by atoms with E-state index >= 15 is 0 Å². The SMILES string of the molecule is C=CCON1C(C)(C)CC(O)CC1(C)C. The summed E-state index contributed by atoms with van der Waals surface area (Å²) in [6.07, 6.45) is 3.00. The average molecular weight is 213 g/mol. The van der Waals surface area contributed by atoms with Gasteiger partial charge in [-0.1, -0.05) is 6.08 Å². The van der Waals surface area contributed by atoms with Crippen molar-refractivity contribution in [3.63, 3.8) is 0 Å². The maximum Gasteiger partial charge on any atom is 0.0864 e. The fourth-order valence-electron chi connectivity index (χ4n) is 2.69. The molecule has 1 heterocycles. The van der Waals surface area contributed by atoms with Gasteiger partial charge in [0.05, 0.1) is 12.7 Å². The van der Waals surface area contributed by atoms with Crippen LogP contribution in [-0.2, 0) is 4.84 Å². The third-order valence-electron chi connectivity index (χ3n) is 2.89. The largest absolute Gasteiger partial charge is 0.393 e. The molecule has 88 valence electrons. The summed E-state index contributed by atoms with van der Waals surface area (Å²) in [6, 6.07) is 0. The normalized spacial score (nSPS) is 26.5. The van der Waals surface area contributed by atoms with Gasteiger partial charge in [-0.2, -0.15) is 5.06 Å². The van der Waals surface area contributed by atoms with Crippen molar-refractivity contribution in [3.05, 3.63) is 12.7 Å². The van der Waals surface area contributed by atoms with Crippen LogP contribution in [0.15, 0.2) is 12.7 Å². The molecule has 3 heteroatoms. The van der Waals surface area contributed by atoms with Gasteiger partial charge >= 0.3 is 0 Å². The molecule has 0 amide bonds. The van der Waals surface area contributed by atoms with Crippen molar-refractivity contribution in [1.82, 2.24) is 5.06 Å². The summed E-state index contributed by atoms with van der Waals surface area (Å²) < 4.78 is 0. The standard InChI is InChI=1S/C12H23NO2/c1-6-7-15-13-11(2,3)8-10(14)9-12(13,4)5/h6,10,14H,1,7-9H2,2-5H3. The molecule has 1 rings (SSSR count). The number of rotatable bonds is 3. The second kappa shape index (κ2) is 4.24. The second-order valence-electron chi connectivity index (χ2n) is 5.57. The first-order chi connectivity index (χ1) is 6.79. The monoisotopic (exact) mass is 213 g/mol. The van der Waals surface area contributed by atoms with Crippen LogP contribution in [0, 0.1) is 0 Å². The molecule has 0 radical (unpaired) electrons. The molecule has 0 bridgehead atoms. The predicted molar refractivity (Wildman–Crippen MR) is 61.4 cm³/mol. The van der Waals surface area contributed by atoms with Gasteiger partial charge in [0.15, 0.2) is 0 Å². The van der Waals surface area contributed by atoms with Crippen LogP contribution in [0.3, 0.4) is 0 Å². The summed E-state index contributed by atoms with van der Waals surface area (Å²) in [5.74, 6) is 0. The highest BCUT2D eigenvalue weighted by atomic mass is 16.7. The number of hydrogen-bond donors (Lipinski definition) is 1. The van der Waals surface area contributed by atoms with Crippen LogP contribution in [0.2, 0.25) is 0 Å². The van der Waals surface area contributed by atoms with Crippen LogP contribution in [0.25, 0.3) is 0 Å². The van der Waals surface area contributed by atoms with Crippen LogP contribution in [-0.4, -0.2) is 34.0 Å². The maximum atomic E-state index is 9.82. The third-order valence-corrected chi connectivity index (χ3v) is 2.89. The Morgan fingerprint density at radius 2 is 1.80 bits per heavy atom. The van der Waals surface area contributed by atoms with Crippen molar-refractivity contribution in [1.29, 1.82) is 0 Å². The predicted octanol–water partition coefficient (Wildman–Crippen LogP) is 2.12. The Morgan fingerprint density at radius 1 is 1.33 bits per heavy atom. The van der Waals surface area contributed by atoms with E-state index in [1.54, 1.807) is 6.08 Å². The van der Waals surface area contributed by atoms with E-state index in [2.05, 4.69) is 34.3 Å². The molecule has 0 aromatic heterocycles. The van der Waals surface area contributed by atoms with E-state index in [1.807, 2.05) is 5.06 Å². The number of piperidine rings is 1. The molecule has 0 atom stereocenters. The van der Waals surface area contributed by atoms with Crippen LogP contribution >= 0.6 is 0 Å². The van der Waals surface area contributed by atoms with E-state index in [0.717, 1.165) is 12.8 Å². The van der Waals surface area contributed by atoms with Gasteiger partial charge in [-0.05, 0) is 40.5 Å². The van der Waals surface area contributed by atoms with Gasteiger partial charge in [0.1, 0.15) is 0 Å². The molecule has 1 aliphatic rings. The summed E-state index contributed by atoms with van der Waals surface area (Å²) in [5.41, 5.74) is -0.269. The zero-order valence-electron chi connectivity index (χ0n) is 10.3. The van der Waals surface area contributed by atoms with Gasteiger partial charge in [-0.15, -0.1) is 6.58 Å². The number of aliphatic hydroxyl groups is 1. The maximum absolute atomic E-state index is 9.82. The van der Waals surface area contributed by atoms with Crippen LogP contribution in [0.4, 0.5) is 0 Å². The van der Waals surface area contributed by atoms with Crippen molar-refractivity contribution < 1.29 is 9.94 Å². The Balaban J connectivity index is 2.82. The lowest BCUT2D eigenvalue weighted by Gasteiger charge is -2.52. The zero-order chi connectivity index (χ0) is 11.7. The van der Waals surface area contributed by atoms with Gasteiger partial charge in [-0.3, -0.25) is 4.84 Å². The van der Waals surface area contributed by atoms with E-state index < -0.39 is 0 Å². The second-order valence-corrected chi connectivity index (χ2v) is 5.57. The lowest BCUT2D eigenvalue weighted by molar-refractivity contribution is -0.286. The van der Waals surface area contributed by atoms with Gasteiger partial charge in [0.2, 0.25) is 0 Å². The van der Waals surface area contributed by atoms with Gasteiger partial charge < -0.3 is 5.11 Å². The molecule has 0 unspecified atom stereocenters. The Morgan fingerprint density at radius 3 is 2.20 bits per heavy atom. The molecule has 0 saturated carbocycles. The molecule has 1 N–H and O–H groups in total. The molecule has 3 nitrogen and oxygen atoms in total. The zero-order valence-corrected chi connectivity index (χ0v) is 10.3. The molecular formula is C12H23NO2. The lowest BCUT2D eigenvalue weighted by atomic mass is 9.80. The first-order valence-electron chi connectivity index (χ1n) is 5.52. The van der Waals surface area contributed by atoms with Crippen molar-refractivity contribution in [3.8, 4) is 0 Å². The van der Waals surface area contributed by atoms with Crippen LogP contribution < -0.4 is 0 Å². The number of nitrogens with zero attached hydrogens (tertiary/aromatic N) is 1.